The number of carbonyl (C=O) groups excluding carboxylic acids is 1. The fourth-order valence-corrected chi connectivity index (χ4v) is 1.94. The lowest BCUT2D eigenvalue weighted by Crippen LogP contribution is -2.23. The topological polar surface area (TPSA) is 56.8 Å². The first-order valence-corrected chi connectivity index (χ1v) is 5.86. The molecule has 0 saturated carbocycles. The highest BCUT2D eigenvalue weighted by Gasteiger charge is 2.25. The van der Waals surface area contributed by atoms with Crippen molar-refractivity contribution >= 4 is 11.6 Å². The van der Waals surface area contributed by atoms with Crippen LogP contribution >= 0.6 is 0 Å². The molecule has 1 aromatic rings. The molecule has 1 aliphatic rings. The van der Waals surface area contributed by atoms with Gasteiger partial charge in [0.05, 0.1) is 26.7 Å². The van der Waals surface area contributed by atoms with Gasteiger partial charge in [-0.2, -0.15) is 0 Å². The summed E-state index contributed by atoms with van der Waals surface area (Å²) < 4.78 is 15.7. The summed E-state index contributed by atoms with van der Waals surface area (Å²) in [6.07, 6.45) is 0.753. The third-order valence-corrected chi connectivity index (χ3v) is 2.98. The Hall–Kier alpha value is -1.75. The van der Waals surface area contributed by atoms with E-state index in [-0.39, 0.29) is 11.8 Å². The number of ether oxygens (including phenoxy) is 3. The van der Waals surface area contributed by atoms with Crippen molar-refractivity contribution in [2.75, 3.05) is 32.8 Å². The van der Waals surface area contributed by atoms with Gasteiger partial charge in [-0.3, -0.25) is 4.79 Å². The molecule has 5 heteroatoms. The van der Waals surface area contributed by atoms with Crippen molar-refractivity contribution in [3.8, 4) is 11.5 Å². The second-order valence-electron chi connectivity index (χ2n) is 4.09. The molecule has 0 bridgehead atoms. The first kappa shape index (κ1) is 12.7. The van der Waals surface area contributed by atoms with Crippen molar-refractivity contribution in [1.29, 1.82) is 0 Å². The van der Waals surface area contributed by atoms with E-state index < -0.39 is 0 Å². The summed E-state index contributed by atoms with van der Waals surface area (Å²) in [5.41, 5.74) is 0.569. The van der Waals surface area contributed by atoms with Crippen LogP contribution in [0, 0.1) is 5.92 Å². The Kier molecular flexibility index (Phi) is 4.04. The van der Waals surface area contributed by atoms with Gasteiger partial charge < -0.3 is 19.5 Å². The molecule has 1 heterocycles. The Morgan fingerprint density at radius 1 is 1.33 bits per heavy atom. The number of hydrogen-bond acceptors (Lipinski definition) is 4. The molecule has 0 unspecified atom stereocenters. The van der Waals surface area contributed by atoms with Crippen LogP contribution in [-0.2, 0) is 9.53 Å². The van der Waals surface area contributed by atoms with Crippen molar-refractivity contribution in [3.05, 3.63) is 18.2 Å². The van der Waals surface area contributed by atoms with Crippen molar-refractivity contribution in [3.63, 3.8) is 0 Å². The summed E-state index contributed by atoms with van der Waals surface area (Å²) in [5, 5.41) is 2.85. The largest absolute Gasteiger partial charge is 0.494 e. The highest BCUT2D eigenvalue weighted by molar-refractivity contribution is 5.95. The summed E-state index contributed by atoms with van der Waals surface area (Å²) in [6, 6.07) is 5.37. The number of para-hydroxylation sites is 1. The lowest BCUT2D eigenvalue weighted by molar-refractivity contribution is -0.119. The maximum absolute atomic E-state index is 12.0. The molecule has 0 radical (unpaired) electrons. The normalized spacial score (nSPS) is 18.4. The zero-order valence-corrected chi connectivity index (χ0v) is 10.6. The molecule has 1 amide bonds. The van der Waals surface area contributed by atoms with Crippen LogP contribution in [0.1, 0.15) is 6.42 Å². The molecule has 1 N–H and O–H groups in total. The number of hydrogen-bond donors (Lipinski definition) is 1. The van der Waals surface area contributed by atoms with Crippen molar-refractivity contribution in [1.82, 2.24) is 0 Å². The van der Waals surface area contributed by atoms with Crippen LogP contribution in [0.5, 0.6) is 11.5 Å². The van der Waals surface area contributed by atoms with E-state index in [1.165, 1.54) is 0 Å². The quantitative estimate of drug-likeness (QED) is 0.884. The molecule has 98 valence electrons. The maximum atomic E-state index is 12.0. The van der Waals surface area contributed by atoms with Crippen molar-refractivity contribution in [2.45, 2.75) is 6.42 Å². The van der Waals surface area contributed by atoms with E-state index in [0.29, 0.717) is 30.4 Å². The van der Waals surface area contributed by atoms with Gasteiger partial charge in [-0.25, -0.2) is 0 Å². The fourth-order valence-electron chi connectivity index (χ4n) is 1.94. The molecule has 2 rings (SSSR count). The monoisotopic (exact) mass is 251 g/mol. The molecule has 1 fully saturated rings. The van der Waals surface area contributed by atoms with Crippen LogP contribution in [0.25, 0.3) is 0 Å². The first-order chi connectivity index (χ1) is 8.76. The minimum absolute atomic E-state index is 0.0599. The summed E-state index contributed by atoms with van der Waals surface area (Å²) in [7, 11) is 3.12. The van der Waals surface area contributed by atoms with Gasteiger partial charge in [0.15, 0.2) is 0 Å². The highest BCUT2D eigenvalue weighted by Crippen LogP contribution is 2.34. The molecule has 0 spiro atoms. The number of methoxy groups -OCH3 is 2. The van der Waals surface area contributed by atoms with Gasteiger partial charge >= 0.3 is 0 Å². The molecule has 0 aliphatic carbocycles. The number of rotatable bonds is 4. The third-order valence-electron chi connectivity index (χ3n) is 2.98. The van der Waals surface area contributed by atoms with E-state index in [9.17, 15) is 4.79 Å². The number of anilines is 1. The van der Waals surface area contributed by atoms with E-state index in [4.69, 9.17) is 14.2 Å². The van der Waals surface area contributed by atoms with Gasteiger partial charge in [-0.05, 0) is 18.6 Å². The Bertz CT molecular complexity index is 405. The maximum Gasteiger partial charge on any atom is 0.230 e. The van der Waals surface area contributed by atoms with Crippen LogP contribution in [0.2, 0.25) is 0 Å². The standard InChI is InChI=1S/C13H17NO4/c1-16-10-4-3-5-11(17-2)12(10)14-13(15)9-6-7-18-8-9/h3-5,9H,6-8H2,1-2H3,(H,14,15)/t9-/m0/s1. The van der Waals surface area contributed by atoms with E-state index >= 15 is 0 Å². The Morgan fingerprint density at radius 3 is 2.50 bits per heavy atom. The average molecular weight is 251 g/mol. The van der Waals surface area contributed by atoms with E-state index in [1.54, 1.807) is 26.4 Å². The molecule has 1 aromatic carbocycles. The smallest absolute Gasteiger partial charge is 0.230 e. The molecule has 1 saturated heterocycles. The second kappa shape index (κ2) is 5.73. The van der Waals surface area contributed by atoms with Crippen LogP contribution in [0.4, 0.5) is 5.69 Å². The van der Waals surface area contributed by atoms with Gasteiger partial charge in [-0.1, -0.05) is 6.07 Å². The Labute approximate surface area is 106 Å². The number of benzene rings is 1. The Morgan fingerprint density at radius 2 is 2.00 bits per heavy atom. The van der Waals surface area contributed by atoms with Crippen LogP contribution < -0.4 is 14.8 Å². The lowest BCUT2D eigenvalue weighted by Gasteiger charge is -2.15. The Balaban J connectivity index is 2.18. The van der Waals surface area contributed by atoms with Crippen molar-refractivity contribution < 1.29 is 19.0 Å². The average Bonchev–Trinajstić information content (AvgIpc) is 2.93. The lowest BCUT2D eigenvalue weighted by atomic mass is 10.1. The van der Waals surface area contributed by atoms with E-state index in [2.05, 4.69) is 5.32 Å². The fraction of sp³-hybridized carbons (Fsp3) is 0.462. The molecule has 0 aromatic heterocycles. The minimum atomic E-state index is -0.0976. The summed E-state index contributed by atoms with van der Waals surface area (Å²) in [5.74, 6) is 1.01. The molecule has 5 nitrogen and oxygen atoms in total. The van der Waals surface area contributed by atoms with E-state index in [1.807, 2.05) is 6.07 Å². The van der Waals surface area contributed by atoms with Crippen LogP contribution in [0.15, 0.2) is 18.2 Å². The molecule has 18 heavy (non-hydrogen) atoms. The summed E-state index contributed by atoms with van der Waals surface area (Å²) in [4.78, 5) is 12.0. The van der Waals surface area contributed by atoms with Crippen LogP contribution in [0.3, 0.4) is 0 Å². The third kappa shape index (κ3) is 2.56. The van der Waals surface area contributed by atoms with Gasteiger partial charge in [0.1, 0.15) is 17.2 Å². The van der Waals surface area contributed by atoms with Gasteiger partial charge in [0.25, 0.3) is 0 Å². The van der Waals surface area contributed by atoms with E-state index in [0.717, 1.165) is 6.42 Å². The number of nitrogens with one attached hydrogen (secondary N) is 1. The zero-order chi connectivity index (χ0) is 13.0. The summed E-state index contributed by atoms with van der Waals surface area (Å²) >= 11 is 0. The predicted octanol–water partition coefficient (Wildman–Crippen LogP) is 1.68. The first-order valence-electron chi connectivity index (χ1n) is 5.86. The number of carbonyl (C=O) groups is 1. The van der Waals surface area contributed by atoms with Crippen LogP contribution in [-0.4, -0.2) is 33.3 Å². The highest BCUT2D eigenvalue weighted by atomic mass is 16.5. The molecular weight excluding hydrogens is 234 g/mol. The molecule has 1 aliphatic heterocycles. The van der Waals surface area contributed by atoms with Crippen molar-refractivity contribution in [2.24, 2.45) is 5.92 Å². The number of amides is 1. The second-order valence-corrected chi connectivity index (χ2v) is 4.09. The minimum Gasteiger partial charge on any atom is -0.494 e. The SMILES string of the molecule is COc1cccc(OC)c1NC(=O)[C@H]1CCOC1. The predicted molar refractivity (Wildman–Crippen MR) is 67.1 cm³/mol. The summed E-state index contributed by atoms with van der Waals surface area (Å²) in [6.45, 7) is 1.12. The van der Waals surface area contributed by atoms with Gasteiger partial charge in [-0.15, -0.1) is 0 Å². The molecule has 1 atom stereocenters. The molecular formula is C13H17NO4. The zero-order valence-electron chi connectivity index (χ0n) is 10.6. The van der Waals surface area contributed by atoms with Gasteiger partial charge in [0.2, 0.25) is 5.91 Å². The van der Waals surface area contributed by atoms with Gasteiger partial charge in [0, 0.05) is 6.61 Å².